The minimum Gasteiger partial charge on any atom is -0.222 e. The number of aryl methyl sites for hydroxylation is 2. The molecule has 0 aliphatic carbocycles. The van der Waals surface area contributed by atoms with E-state index in [1.807, 2.05) is 0 Å². The van der Waals surface area contributed by atoms with Crippen LogP contribution in [0.3, 0.4) is 0 Å². The van der Waals surface area contributed by atoms with Gasteiger partial charge in [-0.3, -0.25) is 0 Å². The lowest BCUT2D eigenvalue weighted by atomic mass is 10.1. The second kappa shape index (κ2) is 6.27. The summed E-state index contributed by atoms with van der Waals surface area (Å²) in [4.78, 5) is 0. The van der Waals surface area contributed by atoms with Crippen LogP contribution in [0.25, 0.3) is 10.9 Å². The SMILES string of the molecule is CCc1c(C)cc2ccccc2[n+]1C.[O-][Cl+3]([O-])([O-])[O-]. The molecular weight excluding hydrogens is 270 g/mol. The maximum Gasteiger partial charge on any atom is 0.212 e. The number of halogens is 1. The van der Waals surface area contributed by atoms with E-state index in [1.54, 1.807) is 0 Å². The summed E-state index contributed by atoms with van der Waals surface area (Å²) in [5.74, 6) is 0. The Morgan fingerprint density at radius 1 is 1.11 bits per heavy atom. The van der Waals surface area contributed by atoms with E-state index in [1.165, 1.54) is 22.2 Å². The van der Waals surface area contributed by atoms with Crippen LogP contribution in [-0.4, -0.2) is 0 Å². The first-order valence-electron chi connectivity index (χ1n) is 5.73. The highest BCUT2D eigenvalue weighted by atomic mass is 35.7. The maximum absolute atomic E-state index is 8.49. The number of fused-ring (bicyclic) bond motifs is 1. The molecule has 0 spiro atoms. The van der Waals surface area contributed by atoms with Crippen molar-refractivity contribution >= 4 is 10.9 Å². The molecule has 6 heteroatoms. The topological polar surface area (TPSA) is 96.1 Å². The summed E-state index contributed by atoms with van der Waals surface area (Å²) in [5, 5.41) is 1.32. The van der Waals surface area contributed by atoms with Crippen molar-refractivity contribution in [1.82, 2.24) is 0 Å². The standard InChI is InChI=1S/C13H16N.ClHO4/c1-4-12-10(2)9-11-7-5-6-8-13(11)14(12)3;2-1(3,4)5/h5-9H,4H2,1-3H3;(H,2,3,4,5)/q+1;/p-1. The lowest BCUT2D eigenvalue weighted by Crippen LogP contribution is -2.68. The molecule has 0 amide bonds. The zero-order valence-corrected chi connectivity index (χ0v) is 11.8. The molecule has 0 atom stereocenters. The summed E-state index contributed by atoms with van der Waals surface area (Å²) < 4.78 is 36.3. The number of benzene rings is 1. The number of hydrogen-bond donors (Lipinski definition) is 0. The molecule has 1 aromatic carbocycles. The number of rotatable bonds is 1. The molecule has 0 radical (unpaired) electrons. The molecule has 19 heavy (non-hydrogen) atoms. The van der Waals surface area contributed by atoms with Crippen LogP contribution in [0.15, 0.2) is 30.3 Å². The van der Waals surface area contributed by atoms with Crippen molar-refractivity contribution in [2.45, 2.75) is 20.3 Å². The maximum atomic E-state index is 8.49. The molecule has 0 N–H and O–H groups in total. The van der Waals surface area contributed by atoms with Crippen LogP contribution in [0.1, 0.15) is 18.2 Å². The predicted molar refractivity (Wildman–Crippen MR) is 59.2 cm³/mol. The van der Waals surface area contributed by atoms with Gasteiger partial charge in [0.15, 0.2) is 5.69 Å². The molecule has 0 fully saturated rings. The molecular formula is C13H16ClNO4. The number of pyridine rings is 1. The molecule has 1 aromatic heterocycles. The second-order valence-corrected chi connectivity index (χ2v) is 4.88. The molecule has 0 bridgehead atoms. The summed E-state index contributed by atoms with van der Waals surface area (Å²) in [6, 6.07) is 10.8. The van der Waals surface area contributed by atoms with Crippen molar-refractivity contribution in [1.29, 1.82) is 0 Å². The fourth-order valence-corrected chi connectivity index (χ4v) is 2.16. The van der Waals surface area contributed by atoms with Gasteiger partial charge < -0.3 is 0 Å². The summed E-state index contributed by atoms with van der Waals surface area (Å²) >= 11 is 0. The van der Waals surface area contributed by atoms with Crippen molar-refractivity contribution in [3.8, 4) is 0 Å². The Morgan fingerprint density at radius 2 is 1.63 bits per heavy atom. The van der Waals surface area contributed by atoms with E-state index in [9.17, 15) is 0 Å². The number of hydrogen-bond acceptors (Lipinski definition) is 4. The van der Waals surface area contributed by atoms with Gasteiger partial charge in [0.1, 0.15) is 7.05 Å². The Bertz CT molecular complexity index is 560. The van der Waals surface area contributed by atoms with E-state index in [0.29, 0.717) is 0 Å². The minimum atomic E-state index is -4.94. The van der Waals surface area contributed by atoms with E-state index >= 15 is 0 Å². The molecule has 5 nitrogen and oxygen atoms in total. The van der Waals surface area contributed by atoms with Crippen LogP contribution < -0.4 is 23.2 Å². The molecule has 104 valence electrons. The first-order valence-corrected chi connectivity index (χ1v) is 6.96. The molecule has 0 saturated carbocycles. The average Bonchev–Trinajstić information content (AvgIpc) is 2.27. The van der Waals surface area contributed by atoms with E-state index in [0.717, 1.165) is 6.42 Å². The van der Waals surface area contributed by atoms with Crippen molar-refractivity contribution in [2.75, 3.05) is 0 Å². The van der Waals surface area contributed by atoms with Crippen molar-refractivity contribution in [3.63, 3.8) is 0 Å². The van der Waals surface area contributed by atoms with E-state index in [-0.39, 0.29) is 0 Å². The number of nitrogens with zero attached hydrogens (tertiary/aromatic N) is 1. The Morgan fingerprint density at radius 3 is 2.16 bits per heavy atom. The Balaban J connectivity index is 0.000000312. The van der Waals surface area contributed by atoms with E-state index in [4.69, 9.17) is 18.6 Å². The molecule has 1 heterocycles. The molecule has 0 aliphatic heterocycles. The fourth-order valence-electron chi connectivity index (χ4n) is 2.16. The monoisotopic (exact) mass is 285 g/mol. The van der Waals surface area contributed by atoms with Crippen LogP contribution in [-0.2, 0) is 13.5 Å². The lowest BCUT2D eigenvalue weighted by molar-refractivity contribution is -2.00. The second-order valence-electron chi connectivity index (χ2n) is 4.12. The minimum absolute atomic E-state index is 1.09. The van der Waals surface area contributed by atoms with Gasteiger partial charge in [-0.2, -0.15) is 4.57 Å². The van der Waals surface area contributed by atoms with E-state index < -0.39 is 10.2 Å². The Kier molecular flexibility index (Phi) is 5.22. The Hall–Kier alpha value is -1.24. The van der Waals surface area contributed by atoms with Gasteiger partial charge >= 0.3 is 0 Å². The largest absolute Gasteiger partial charge is 0.222 e. The van der Waals surface area contributed by atoms with Gasteiger partial charge in [-0.15, -0.1) is 10.2 Å². The molecule has 0 aliphatic rings. The van der Waals surface area contributed by atoms with Crippen molar-refractivity contribution in [2.24, 2.45) is 7.05 Å². The van der Waals surface area contributed by atoms with Crippen molar-refractivity contribution < 1.29 is 33.4 Å². The molecule has 0 saturated heterocycles. The normalized spacial score (nSPS) is 11.1. The lowest BCUT2D eigenvalue weighted by Gasteiger charge is -2.17. The van der Waals surface area contributed by atoms with Crippen LogP contribution in [0.5, 0.6) is 0 Å². The third-order valence-electron chi connectivity index (χ3n) is 2.87. The summed E-state index contributed by atoms with van der Waals surface area (Å²) in [6.45, 7) is 4.39. The molecule has 0 unspecified atom stereocenters. The van der Waals surface area contributed by atoms with Crippen LogP contribution in [0.2, 0.25) is 0 Å². The third-order valence-corrected chi connectivity index (χ3v) is 2.87. The average molecular weight is 286 g/mol. The summed E-state index contributed by atoms with van der Waals surface area (Å²) in [7, 11) is -2.80. The van der Waals surface area contributed by atoms with Crippen LogP contribution >= 0.6 is 0 Å². The third kappa shape index (κ3) is 4.74. The van der Waals surface area contributed by atoms with Crippen LogP contribution in [0.4, 0.5) is 0 Å². The van der Waals surface area contributed by atoms with Gasteiger partial charge in [0.05, 0.1) is 0 Å². The first kappa shape index (κ1) is 15.8. The van der Waals surface area contributed by atoms with Gasteiger partial charge in [0, 0.05) is 23.4 Å². The highest BCUT2D eigenvalue weighted by Gasteiger charge is 2.12. The zero-order chi connectivity index (χ0) is 14.6. The zero-order valence-electron chi connectivity index (χ0n) is 11.1. The Labute approximate surface area is 114 Å². The van der Waals surface area contributed by atoms with Gasteiger partial charge in [-0.1, -0.05) is 19.1 Å². The highest BCUT2D eigenvalue weighted by molar-refractivity contribution is 5.76. The van der Waals surface area contributed by atoms with Gasteiger partial charge in [-0.05, 0) is 19.1 Å². The van der Waals surface area contributed by atoms with Gasteiger partial charge in [0.2, 0.25) is 5.52 Å². The van der Waals surface area contributed by atoms with Crippen LogP contribution in [0, 0.1) is 17.2 Å². The number of aromatic nitrogens is 1. The predicted octanol–water partition coefficient (Wildman–Crippen LogP) is -2.22. The summed E-state index contributed by atoms with van der Waals surface area (Å²) in [6.07, 6.45) is 1.09. The first-order chi connectivity index (χ1) is 8.74. The smallest absolute Gasteiger partial charge is 0.212 e. The number of para-hydroxylation sites is 1. The molecule has 2 rings (SSSR count). The van der Waals surface area contributed by atoms with E-state index in [2.05, 4.69) is 55.8 Å². The fraction of sp³-hybridized carbons (Fsp3) is 0.308. The van der Waals surface area contributed by atoms with Gasteiger partial charge in [-0.25, -0.2) is 18.6 Å². The van der Waals surface area contributed by atoms with Gasteiger partial charge in [0.25, 0.3) is 0 Å². The van der Waals surface area contributed by atoms with Crippen molar-refractivity contribution in [3.05, 3.63) is 41.6 Å². The summed E-state index contributed by atoms with van der Waals surface area (Å²) in [5.41, 5.74) is 4.12. The molecule has 2 aromatic rings. The quantitative estimate of drug-likeness (QED) is 0.554. The highest BCUT2D eigenvalue weighted by Crippen LogP contribution is 2.14.